The zero-order valence-corrected chi connectivity index (χ0v) is 16.4. The molecule has 0 amide bonds. The highest BCUT2D eigenvalue weighted by molar-refractivity contribution is 7.50. The molecule has 25 heavy (non-hydrogen) atoms. The van der Waals surface area contributed by atoms with Gasteiger partial charge in [-0.25, -0.2) is 29.7 Å². The van der Waals surface area contributed by atoms with Gasteiger partial charge in [-0.15, -0.1) is 0 Å². The Kier molecular flexibility index (Phi) is 11.6. The summed E-state index contributed by atoms with van der Waals surface area (Å²) in [5.41, 5.74) is 19.9. The number of hydrogen-bond donors (Lipinski definition) is 6. The minimum absolute atomic E-state index is 0.112. The Morgan fingerprint density at radius 3 is 1.48 bits per heavy atom. The second-order valence-corrected chi connectivity index (χ2v) is 8.25. The number of rotatable bonds is 7. The van der Waals surface area contributed by atoms with E-state index in [0.717, 1.165) is 0 Å². The van der Waals surface area contributed by atoms with Crippen molar-refractivity contribution >= 4 is 27.4 Å². The summed E-state index contributed by atoms with van der Waals surface area (Å²) in [6.45, 7) is 6.96. The van der Waals surface area contributed by atoms with E-state index in [1.165, 1.54) is 0 Å². The number of hydrogen-bond acceptors (Lipinski definition) is 8. The number of carbonyl (C=O) groups is 2. The van der Waals surface area contributed by atoms with Gasteiger partial charge in [0.25, 0.3) is 0 Å². The molecule has 0 aliphatic rings. The molecule has 0 aromatic rings. The molecule has 150 valence electrons. The van der Waals surface area contributed by atoms with Crippen molar-refractivity contribution < 1.29 is 37.6 Å². The van der Waals surface area contributed by atoms with Gasteiger partial charge in [-0.05, 0) is 11.8 Å². The van der Waals surface area contributed by atoms with Gasteiger partial charge in [0.15, 0.2) is 0 Å². The van der Waals surface area contributed by atoms with Crippen LogP contribution in [0.15, 0.2) is 0 Å². The van der Waals surface area contributed by atoms with Crippen molar-refractivity contribution in [3.63, 3.8) is 0 Å². The van der Waals surface area contributed by atoms with E-state index >= 15 is 0 Å². The van der Waals surface area contributed by atoms with Crippen molar-refractivity contribution in [1.29, 1.82) is 0 Å². The van der Waals surface area contributed by atoms with Crippen molar-refractivity contribution in [2.75, 3.05) is 0 Å². The van der Waals surface area contributed by atoms with Crippen LogP contribution in [0.2, 0.25) is 0 Å². The summed E-state index contributed by atoms with van der Waals surface area (Å²) in [7, 11) is -8.50. The molecule has 0 aliphatic heterocycles. The van der Waals surface area contributed by atoms with Crippen LogP contribution in [-0.4, -0.2) is 33.8 Å². The van der Waals surface area contributed by atoms with E-state index in [1.54, 1.807) is 20.8 Å². The Balaban J connectivity index is 0. The van der Waals surface area contributed by atoms with E-state index in [2.05, 4.69) is 20.1 Å². The average molecular weight is 406 g/mol. The van der Waals surface area contributed by atoms with Crippen LogP contribution in [0.4, 0.5) is 0 Å². The normalized spacial score (nSPS) is 19.3. The first-order valence-electron chi connectivity index (χ1n) is 7.22. The van der Waals surface area contributed by atoms with Crippen molar-refractivity contribution in [2.24, 2.45) is 34.3 Å². The van der Waals surface area contributed by atoms with E-state index in [9.17, 15) is 18.7 Å². The molecule has 0 saturated heterocycles. The Bertz CT molecular complexity index is 532. The van der Waals surface area contributed by atoms with E-state index in [1.807, 2.05) is 6.92 Å². The molecule has 0 saturated carbocycles. The Labute approximate surface area is 146 Å². The smallest absolute Gasteiger partial charge is 0.379 e. The monoisotopic (exact) mass is 406 g/mol. The first-order chi connectivity index (χ1) is 11.0. The highest BCUT2D eigenvalue weighted by Crippen LogP contribution is 2.32. The number of nitrogens with two attached hydrogens (primary N) is 4. The minimum atomic E-state index is -4.26. The minimum Gasteiger partial charge on any atom is -0.379 e. The summed E-state index contributed by atoms with van der Waals surface area (Å²) < 4.78 is 28.9. The van der Waals surface area contributed by atoms with Crippen LogP contribution in [0.1, 0.15) is 34.1 Å². The Morgan fingerprint density at radius 2 is 1.24 bits per heavy atom. The van der Waals surface area contributed by atoms with Crippen LogP contribution < -0.4 is 22.5 Å². The highest BCUT2D eigenvalue weighted by atomic mass is 31.2. The zero-order chi connectivity index (χ0) is 20.6. The molecule has 5 atom stereocenters. The third-order valence-electron chi connectivity index (χ3n) is 2.96. The molecule has 2 unspecified atom stereocenters. The summed E-state index contributed by atoms with van der Waals surface area (Å²) in [6.07, 6.45) is 0.677. The first-order valence-corrected chi connectivity index (χ1v) is 10.5. The maximum atomic E-state index is 11.0. The van der Waals surface area contributed by atoms with Gasteiger partial charge in [0.05, 0.1) is 0 Å². The van der Waals surface area contributed by atoms with Gasteiger partial charge < -0.3 is 30.3 Å². The molecule has 0 fully saturated rings. The van der Waals surface area contributed by atoms with Gasteiger partial charge in [0, 0.05) is 0 Å². The molecule has 10 N–H and O–H groups in total. The molecule has 0 spiro atoms. The van der Waals surface area contributed by atoms with Crippen LogP contribution in [-0.2, 0) is 27.8 Å². The van der Waals surface area contributed by atoms with Gasteiger partial charge in [-0.3, -0.25) is 0 Å². The molecular weight excluding hydrogens is 378 g/mol. The van der Waals surface area contributed by atoms with E-state index in [-0.39, 0.29) is 11.8 Å². The summed E-state index contributed by atoms with van der Waals surface area (Å²) in [5.74, 6) is -2.18. The fraction of sp³-hybridized carbons (Fsp3) is 0.818. The van der Waals surface area contributed by atoms with E-state index in [0.29, 0.717) is 6.42 Å². The zero-order valence-electron chi connectivity index (χ0n) is 14.6. The SMILES string of the molecule is CC(C)[C@@H](N)C(=O)OP(N)(=O)O.CC[C@H](C)[C@H](N)C(=O)OP(N)(=O)O. The van der Waals surface area contributed by atoms with Crippen LogP contribution in [0.5, 0.6) is 0 Å². The summed E-state index contributed by atoms with van der Waals surface area (Å²) in [6, 6.07) is -1.83. The molecule has 12 nitrogen and oxygen atoms in total. The molecule has 0 aromatic carbocycles. The lowest BCUT2D eigenvalue weighted by atomic mass is 10.0. The molecular formula is C11H28N4O8P2. The Morgan fingerprint density at radius 1 is 0.920 bits per heavy atom. The lowest BCUT2D eigenvalue weighted by molar-refractivity contribution is -0.138. The fourth-order valence-electron chi connectivity index (χ4n) is 1.14. The average Bonchev–Trinajstić information content (AvgIpc) is 2.41. The summed E-state index contributed by atoms with van der Waals surface area (Å²) in [4.78, 5) is 38.8. The second-order valence-electron chi connectivity index (χ2n) is 5.63. The molecule has 0 rings (SSSR count). The predicted octanol–water partition coefficient (Wildman–Crippen LogP) is -0.466. The van der Waals surface area contributed by atoms with Crippen molar-refractivity contribution in [2.45, 2.75) is 46.2 Å². The first kappa shape index (κ1) is 26.4. The Hall–Kier alpha value is -0.840. The summed E-state index contributed by atoms with van der Waals surface area (Å²) >= 11 is 0. The van der Waals surface area contributed by atoms with E-state index in [4.69, 9.17) is 21.3 Å². The molecule has 14 heteroatoms. The maximum absolute atomic E-state index is 11.0. The van der Waals surface area contributed by atoms with Gasteiger partial charge in [0.1, 0.15) is 12.1 Å². The molecule has 0 aliphatic carbocycles. The van der Waals surface area contributed by atoms with Gasteiger partial charge in [-0.2, -0.15) is 0 Å². The van der Waals surface area contributed by atoms with Gasteiger partial charge >= 0.3 is 27.4 Å². The second kappa shape index (κ2) is 11.0. The lowest BCUT2D eigenvalue weighted by Gasteiger charge is -2.17. The topological polar surface area (TPSA) is 231 Å². The quantitative estimate of drug-likeness (QED) is 0.295. The van der Waals surface area contributed by atoms with Crippen LogP contribution >= 0.6 is 15.5 Å². The van der Waals surface area contributed by atoms with E-state index < -0.39 is 39.5 Å². The third kappa shape index (κ3) is 14.1. The molecule has 0 bridgehead atoms. The van der Waals surface area contributed by atoms with Crippen LogP contribution in [0, 0.1) is 11.8 Å². The maximum Gasteiger partial charge on any atom is 0.455 e. The number of carbonyl (C=O) groups excluding carboxylic acids is 2. The van der Waals surface area contributed by atoms with Gasteiger partial charge in [0.2, 0.25) is 0 Å². The highest BCUT2D eigenvalue weighted by Gasteiger charge is 2.27. The predicted molar refractivity (Wildman–Crippen MR) is 90.5 cm³/mol. The molecule has 0 heterocycles. The largest absolute Gasteiger partial charge is 0.455 e. The molecule has 0 aromatic heterocycles. The van der Waals surface area contributed by atoms with Gasteiger partial charge in [-0.1, -0.05) is 34.1 Å². The van der Waals surface area contributed by atoms with Crippen molar-refractivity contribution in [3.8, 4) is 0 Å². The fourth-order valence-corrected chi connectivity index (χ4v) is 1.90. The van der Waals surface area contributed by atoms with Crippen LogP contribution in [0.25, 0.3) is 0 Å². The third-order valence-corrected chi connectivity index (χ3v) is 3.84. The summed E-state index contributed by atoms with van der Waals surface area (Å²) in [5, 5.41) is 0. The standard InChI is InChI=1S/C6H15N2O4P.C5H13N2O4P/c1-3-4(2)5(7)6(9)12-13(8,10)11;1-3(2)4(6)5(8)11-12(7,9)10/h4-5H,3,7H2,1-2H3,(H3,8,10,11);3-4H,6H2,1-2H3,(H3,7,9,10)/t4-,5-;4-/m01/s1. The lowest BCUT2D eigenvalue weighted by Crippen LogP contribution is -2.37. The van der Waals surface area contributed by atoms with Crippen molar-refractivity contribution in [3.05, 3.63) is 0 Å². The van der Waals surface area contributed by atoms with Crippen LogP contribution in [0.3, 0.4) is 0 Å². The molecule has 0 radical (unpaired) electrons. The van der Waals surface area contributed by atoms with Crippen molar-refractivity contribution in [1.82, 2.24) is 0 Å².